The Morgan fingerprint density at radius 3 is 2.79 bits per heavy atom. The summed E-state index contributed by atoms with van der Waals surface area (Å²) in [6.07, 6.45) is 4.21. The van der Waals surface area contributed by atoms with Crippen LogP contribution < -0.4 is 15.8 Å². The van der Waals surface area contributed by atoms with Crippen LogP contribution in [0.25, 0.3) is 10.9 Å². The highest BCUT2D eigenvalue weighted by molar-refractivity contribution is 5.84. The van der Waals surface area contributed by atoms with Gasteiger partial charge in [-0.25, -0.2) is 4.98 Å². The number of rotatable bonds is 6. The van der Waals surface area contributed by atoms with Crippen LogP contribution in [0.2, 0.25) is 0 Å². The number of anilines is 2. The fraction of sp³-hybridized carbons (Fsp3) is 0.278. The van der Waals surface area contributed by atoms with Gasteiger partial charge < -0.3 is 15.8 Å². The molecule has 1 aromatic carbocycles. The van der Waals surface area contributed by atoms with Crippen molar-refractivity contribution in [2.45, 2.75) is 20.3 Å². The Balaban J connectivity index is 1.84. The molecule has 0 unspecified atom stereocenters. The molecule has 0 fully saturated rings. The second kappa shape index (κ2) is 7.12. The number of nitrogens with zero attached hydrogens (tertiary/aromatic N) is 3. The topological polar surface area (TPSA) is 86.0 Å². The van der Waals surface area contributed by atoms with Crippen molar-refractivity contribution in [3.8, 4) is 11.6 Å². The number of nitrogen functional groups attached to an aromatic ring is 1. The number of nitrogens with one attached hydrogen (secondary N) is 1. The smallest absolute Gasteiger partial charge is 0.248 e. The zero-order chi connectivity index (χ0) is 16.9. The molecule has 0 saturated heterocycles. The van der Waals surface area contributed by atoms with Crippen molar-refractivity contribution >= 4 is 22.4 Å². The lowest BCUT2D eigenvalue weighted by atomic mass is 10.1. The molecule has 0 saturated carbocycles. The molecule has 3 rings (SSSR count). The van der Waals surface area contributed by atoms with Crippen LogP contribution in [0.5, 0.6) is 11.6 Å². The Morgan fingerprint density at radius 2 is 1.96 bits per heavy atom. The zero-order valence-corrected chi connectivity index (χ0v) is 13.9. The number of ether oxygens (including phenoxy) is 1. The number of para-hydroxylation sites is 1. The van der Waals surface area contributed by atoms with E-state index in [1.165, 1.54) is 6.33 Å². The van der Waals surface area contributed by atoms with Gasteiger partial charge in [-0.05, 0) is 24.5 Å². The molecular formula is C18H21N5O. The molecule has 0 atom stereocenters. The average molecular weight is 323 g/mol. The van der Waals surface area contributed by atoms with Gasteiger partial charge in [0.15, 0.2) is 11.6 Å². The number of aromatic nitrogens is 3. The van der Waals surface area contributed by atoms with E-state index in [0.29, 0.717) is 29.1 Å². The van der Waals surface area contributed by atoms with E-state index in [4.69, 9.17) is 10.5 Å². The molecule has 0 amide bonds. The summed E-state index contributed by atoms with van der Waals surface area (Å²) in [5.74, 6) is 2.15. The summed E-state index contributed by atoms with van der Waals surface area (Å²) >= 11 is 0. The first-order valence-corrected chi connectivity index (χ1v) is 8.01. The van der Waals surface area contributed by atoms with E-state index in [2.05, 4.69) is 34.1 Å². The van der Waals surface area contributed by atoms with Crippen molar-refractivity contribution < 1.29 is 4.74 Å². The highest BCUT2D eigenvalue weighted by atomic mass is 16.5. The Hall–Kier alpha value is -2.89. The summed E-state index contributed by atoms with van der Waals surface area (Å²) in [5.41, 5.74) is 7.33. The van der Waals surface area contributed by atoms with Gasteiger partial charge in [-0.15, -0.1) is 0 Å². The van der Waals surface area contributed by atoms with Gasteiger partial charge in [0.2, 0.25) is 5.88 Å². The number of pyridine rings is 1. The van der Waals surface area contributed by atoms with Crippen molar-refractivity contribution in [1.29, 1.82) is 0 Å². The molecule has 0 aliphatic carbocycles. The van der Waals surface area contributed by atoms with Crippen LogP contribution in [-0.2, 0) is 0 Å². The fourth-order valence-electron chi connectivity index (χ4n) is 2.34. The van der Waals surface area contributed by atoms with Gasteiger partial charge in [0.05, 0.1) is 0 Å². The molecule has 0 spiro atoms. The maximum atomic E-state index is 6.16. The summed E-state index contributed by atoms with van der Waals surface area (Å²) in [4.78, 5) is 12.7. The van der Waals surface area contributed by atoms with Crippen molar-refractivity contribution in [3.63, 3.8) is 0 Å². The van der Waals surface area contributed by atoms with Crippen molar-refractivity contribution in [2.24, 2.45) is 5.92 Å². The third kappa shape index (κ3) is 3.53. The summed E-state index contributed by atoms with van der Waals surface area (Å²) in [7, 11) is 0. The second-order valence-corrected chi connectivity index (χ2v) is 5.98. The zero-order valence-electron chi connectivity index (χ0n) is 13.9. The molecule has 0 aliphatic heterocycles. The SMILES string of the molecule is CC(C)CCNc1ncnc(Oc2cccc3cccnc23)c1N. The molecule has 0 bridgehead atoms. The van der Waals surface area contributed by atoms with Crippen LogP contribution in [0.3, 0.4) is 0 Å². The van der Waals surface area contributed by atoms with E-state index >= 15 is 0 Å². The first kappa shape index (κ1) is 16.0. The Kier molecular flexibility index (Phi) is 4.74. The minimum absolute atomic E-state index is 0.329. The largest absolute Gasteiger partial charge is 0.435 e. The minimum Gasteiger partial charge on any atom is -0.435 e. The number of fused-ring (bicyclic) bond motifs is 1. The molecule has 0 radical (unpaired) electrons. The predicted molar refractivity (Wildman–Crippen MR) is 96.2 cm³/mol. The third-order valence-corrected chi connectivity index (χ3v) is 3.66. The van der Waals surface area contributed by atoms with Crippen LogP contribution in [-0.4, -0.2) is 21.5 Å². The molecule has 6 nitrogen and oxygen atoms in total. The maximum absolute atomic E-state index is 6.16. The predicted octanol–water partition coefficient (Wildman–Crippen LogP) is 3.86. The van der Waals surface area contributed by atoms with Crippen LogP contribution in [0.1, 0.15) is 20.3 Å². The van der Waals surface area contributed by atoms with Crippen LogP contribution in [0.4, 0.5) is 11.5 Å². The number of benzene rings is 1. The molecule has 2 heterocycles. The van der Waals surface area contributed by atoms with Gasteiger partial charge in [-0.3, -0.25) is 4.98 Å². The minimum atomic E-state index is 0.329. The molecule has 3 aromatic rings. The highest BCUT2D eigenvalue weighted by Gasteiger charge is 2.12. The molecule has 6 heteroatoms. The second-order valence-electron chi connectivity index (χ2n) is 5.98. The van der Waals surface area contributed by atoms with Crippen LogP contribution in [0, 0.1) is 5.92 Å². The van der Waals surface area contributed by atoms with E-state index in [9.17, 15) is 0 Å². The molecule has 3 N–H and O–H groups in total. The standard InChI is InChI=1S/C18H21N5O/c1-12(2)8-10-21-17-15(19)18(23-11-22-17)24-14-7-3-5-13-6-4-9-20-16(13)14/h3-7,9,11-12H,8,10,19H2,1-2H3,(H,21,22,23). The third-order valence-electron chi connectivity index (χ3n) is 3.66. The molecule has 124 valence electrons. The highest BCUT2D eigenvalue weighted by Crippen LogP contribution is 2.32. The maximum Gasteiger partial charge on any atom is 0.248 e. The first-order valence-electron chi connectivity index (χ1n) is 8.01. The van der Waals surface area contributed by atoms with E-state index in [-0.39, 0.29) is 0 Å². The lowest BCUT2D eigenvalue weighted by molar-refractivity contribution is 0.468. The Bertz CT molecular complexity index is 829. The summed E-state index contributed by atoms with van der Waals surface area (Å²) in [6, 6.07) is 9.62. The molecule has 2 aromatic heterocycles. The van der Waals surface area contributed by atoms with Crippen molar-refractivity contribution in [2.75, 3.05) is 17.6 Å². The van der Waals surface area contributed by atoms with Gasteiger partial charge in [0.25, 0.3) is 0 Å². The van der Waals surface area contributed by atoms with Gasteiger partial charge in [-0.2, -0.15) is 4.98 Å². The number of nitrogens with two attached hydrogens (primary N) is 1. The summed E-state index contributed by atoms with van der Waals surface area (Å²) in [6.45, 7) is 5.15. The van der Waals surface area contributed by atoms with E-state index in [1.54, 1.807) is 6.20 Å². The van der Waals surface area contributed by atoms with Gasteiger partial charge >= 0.3 is 0 Å². The van der Waals surface area contributed by atoms with Crippen LogP contribution >= 0.6 is 0 Å². The normalized spacial score (nSPS) is 11.0. The number of hydrogen-bond donors (Lipinski definition) is 2. The summed E-state index contributed by atoms with van der Waals surface area (Å²) < 4.78 is 5.91. The first-order chi connectivity index (χ1) is 11.6. The van der Waals surface area contributed by atoms with Gasteiger partial charge in [0, 0.05) is 18.1 Å². The molecule has 24 heavy (non-hydrogen) atoms. The van der Waals surface area contributed by atoms with E-state index in [0.717, 1.165) is 23.9 Å². The summed E-state index contributed by atoms with van der Waals surface area (Å²) in [5, 5.41) is 4.23. The van der Waals surface area contributed by atoms with E-state index < -0.39 is 0 Å². The Labute approximate surface area is 141 Å². The average Bonchev–Trinajstić information content (AvgIpc) is 2.58. The van der Waals surface area contributed by atoms with Crippen molar-refractivity contribution in [1.82, 2.24) is 15.0 Å². The number of hydrogen-bond acceptors (Lipinski definition) is 6. The quantitative estimate of drug-likeness (QED) is 0.716. The molecular weight excluding hydrogens is 302 g/mol. The monoisotopic (exact) mass is 323 g/mol. The fourth-order valence-corrected chi connectivity index (χ4v) is 2.34. The molecule has 0 aliphatic rings. The van der Waals surface area contributed by atoms with Crippen LogP contribution in [0.15, 0.2) is 42.9 Å². The lowest BCUT2D eigenvalue weighted by Crippen LogP contribution is -2.09. The Morgan fingerprint density at radius 1 is 1.12 bits per heavy atom. The van der Waals surface area contributed by atoms with E-state index in [1.807, 2.05) is 30.3 Å². The van der Waals surface area contributed by atoms with Gasteiger partial charge in [0.1, 0.15) is 17.5 Å². The lowest BCUT2D eigenvalue weighted by Gasteiger charge is -2.13. The van der Waals surface area contributed by atoms with Crippen molar-refractivity contribution in [3.05, 3.63) is 42.9 Å². The van der Waals surface area contributed by atoms with Gasteiger partial charge in [-0.1, -0.05) is 32.0 Å².